The van der Waals surface area contributed by atoms with Crippen molar-refractivity contribution in [2.24, 2.45) is 17.6 Å². The van der Waals surface area contributed by atoms with Crippen LogP contribution in [-0.2, 0) is 32.6 Å². The molecule has 4 unspecified atom stereocenters. The van der Waals surface area contributed by atoms with Gasteiger partial charge in [0, 0.05) is 6.42 Å². The molecule has 176 valence electrons. The maximum atomic E-state index is 12.7. The molecular formula is C19H36NO9P. The molecule has 1 aliphatic carbocycles. The highest BCUT2D eigenvalue weighted by molar-refractivity contribution is 7.48. The van der Waals surface area contributed by atoms with Crippen LogP contribution in [0.3, 0.4) is 0 Å². The molecule has 1 heterocycles. The van der Waals surface area contributed by atoms with E-state index < -0.39 is 43.7 Å². The second kappa shape index (κ2) is 9.92. The molecule has 30 heavy (non-hydrogen) atoms. The zero-order chi connectivity index (χ0) is 22.9. The molecule has 2 rings (SSSR count). The molecule has 0 radical (unpaired) electrons. The van der Waals surface area contributed by atoms with Crippen LogP contribution in [0, 0.1) is 11.8 Å². The first-order valence-corrected chi connectivity index (χ1v) is 11.9. The normalized spacial score (nSPS) is 38.9. The van der Waals surface area contributed by atoms with E-state index in [4.69, 9.17) is 29.0 Å². The number of carbonyl (C=O) groups is 1. The maximum absolute atomic E-state index is 12.7. The summed E-state index contributed by atoms with van der Waals surface area (Å²) in [5, 5.41) is 10.4. The second-order valence-electron chi connectivity index (χ2n) is 8.90. The van der Waals surface area contributed by atoms with Crippen LogP contribution in [0.4, 0.5) is 0 Å². The number of carbonyl (C=O) groups excluding carboxylic acids is 1. The van der Waals surface area contributed by atoms with E-state index in [9.17, 15) is 19.4 Å². The highest BCUT2D eigenvalue weighted by Gasteiger charge is 2.52. The smallest absolute Gasteiger partial charge is 0.392 e. The lowest BCUT2D eigenvalue weighted by Gasteiger charge is -2.31. The fraction of sp³-hybridized carbons (Fsp3) is 0.947. The van der Waals surface area contributed by atoms with Gasteiger partial charge in [0.1, 0.15) is 12.0 Å². The summed E-state index contributed by atoms with van der Waals surface area (Å²) < 4.78 is 39.5. The van der Waals surface area contributed by atoms with Gasteiger partial charge in [0.25, 0.3) is 0 Å². The fourth-order valence-corrected chi connectivity index (χ4v) is 4.90. The lowest BCUT2D eigenvalue weighted by molar-refractivity contribution is -0.153. The van der Waals surface area contributed by atoms with Gasteiger partial charge in [-0.05, 0) is 47.0 Å². The molecule has 0 bridgehead atoms. The van der Waals surface area contributed by atoms with Gasteiger partial charge < -0.3 is 23.8 Å². The topological polar surface area (TPSA) is 147 Å². The molecule has 0 aromatic rings. The fourth-order valence-electron chi connectivity index (χ4n) is 3.92. The molecule has 8 atom stereocenters. The zero-order valence-electron chi connectivity index (χ0n) is 18.5. The number of phosphoric acid groups is 1. The third-order valence-electron chi connectivity index (χ3n) is 5.29. The number of nitrogens with two attached hydrogens (primary N) is 1. The Morgan fingerprint density at radius 2 is 1.87 bits per heavy atom. The van der Waals surface area contributed by atoms with Crippen LogP contribution in [0.1, 0.15) is 54.4 Å². The predicted molar refractivity (Wildman–Crippen MR) is 107 cm³/mol. The SMILES string of the molecule is CC(C)OC[C@@]1(N)O[C@@H](C)CC1OP(=O)(O)OC(=O)[C@@H]1C(OC(C)C)C[C@H](C)C1O. The van der Waals surface area contributed by atoms with Gasteiger partial charge in [0.2, 0.25) is 0 Å². The number of rotatable bonds is 9. The molecule has 1 saturated heterocycles. The summed E-state index contributed by atoms with van der Waals surface area (Å²) >= 11 is 0. The van der Waals surface area contributed by atoms with E-state index >= 15 is 0 Å². The maximum Gasteiger partial charge on any atom is 0.530 e. The number of phosphoric ester groups is 1. The standard InChI is InChI=1S/C19H36NO9P/c1-10(2)25-9-19(20)15(8-13(6)27-19)28-30(23,24)29-18(22)16-14(26-11(3)4)7-12(5)17(16)21/h10-17,21H,7-9,20H2,1-6H3,(H,23,24)/t12-,13-,14?,15?,16+,17?,19+/m0/s1. The van der Waals surface area contributed by atoms with Crippen LogP contribution >= 0.6 is 7.82 Å². The Kier molecular flexibility index (Phi) is 8.49. The van der Waals surface area contributed by atoms with Gasteiger partial charge >= 0.3 is 13.8 Å². The highest BCUT2D eigenvalue weighted by Crippen LogP contribution is 2.50. The van der Waals surface area contributed by atoms with E-state index in [0.29, 0.717) is 6.42 Å². The van der Waals surface area contributed by atoms with E-state index in [1.165, 1.54) is 0 Å². The molecule has 2 fully saturated rings. The van der Waals surface area contributed by atoms with Crippen LogP contribution in [0.2, 0.25) is 0 Å². The molecule has 1 aliphatic heterocycles. The monoisotopic (exact) mass is 453 g/mol. The molecule has 4 N–H and O–H groups in total. The average molecular weight is 453 g/mol. The highest BCUT2D eigenvalue weighted by atomic mass is 31.2. The van der Waals surface area contributed by atoms with E-state index in [2.05, 4.69) is 0 Å². The van der Waals surface area contributed by atoms with Crippen LogP contribution in [-0.4, -0.2) is 64.9 Å². The third-order valence-corrected chi connectivity index (χ3v) is 6.23. The van der Waals surface area contributed by atoms with Gasteiger partial charge in [0.05, 0.1) is 37.1 Å². The van der Waals surface area contributed by atoms with E-state index in [-0.39, 0.29) is 37.3 Å². The Bertz CT molecular complexity index is 643. The van der Waals surface area contributed by atoms with E-state index in [1.807, 2.05) is 13.8 Å². The first-order chi connectivity index (χ1) is 13.7. The molecule has 0 aromatic carbocycles. The van der Waals surface area contributed by atoms with Crippen LogP contribution in [0.25, 0.3) is 0 Å². The lowest BCUT2D eigenvalue weighted by Crippen LogP contribution is -2.53. The van der Waals surface area contributed by atoms with Crippen molar-refractivity contribution >= 4 is 13.8 Å². The number of ether oxygens (including phenoxy) is 3. The summed E-state index contributed by atoms with van der Waals surface area (Å²) in [6, 6.07) is 0. The molecule has 0 amide bonds. The molecule has 1 saturated carbocycles. The largest absolute Gasteiger partial charge is 0.530 e. The molecular weight excluding hydrogens is 417 g/mol. The van der Waals surface area contributed by atoms with Crippen molar-refractivity contribution in [1.82, 2.24) is 0 Å². The Labute approximate surface area is 178 Å². The van der Waals surface area contributed by atoms with Crippen molar-refractivity contribution < 1.29 is 42.6 Å². The summed E-state index contributed by atoms with van der Waals surface area (Å²) in [7, 11) is -4.84. The summed E-state index contributed by atoms with van der Waals surface area (Å²) in [6.07, 6.45) is -2.69. The van der Waals surface area contributed by atoms with E-state index in [1.54, 1.807) is 27.7 Å². The first-order valence-electron chi connectivity index (χ1n) is 10.4. The minimum atomic E-state index is -4.84. The number of hydrogen-bond acceptors (Lipinski definition) is 9. The van der Waals surface area contributed by atoms with Crippen molar-refractivity contribution in [3.05, 3.63) is 0 Å². The van der Waals surface area contributed by atoms with Gasteiger partial charge in [-0.15, -0.1) is 0 Å². The van der Waals surface area contributed by atoms with Gasteiger partial charge in [0.15, 0.2) is 5.72 Å². The molecule has 0 spiro atoms. The van der Waals surface area contributed by atoms with Crippen molar-refractivity contribution in [3.63, 3.8) is 0 Å². The van der Waals surface area contributed by atoms with Crippen molar-refractivity contribution in [2.75, 3.05) is 6.61 Å². The Balaban J connectivity index is 2.07. The van der Waals surface area contributed by atoms with Gasteiger partial charge in [-0.3, -0.25) is 19.9 Å². The molecule has 0 aromatic heterocycles. The second-order valence-corrected chi connectivity index (χ2v) is 10.2. The first kappa shape index (κ1) is 25.7. The van der Waals surface area contributed by atoms with Gasteiger partial charge in [-0.1, -0.05) is 6.92 Å². The Hall–Kier alpha value is -0.580. The Morgan fingerprint density at radius 1 is 1.23 bits per heavy atom. The summed E-state index contributed by atoms with van der Waals surface area (Å²) in [5.41, 5.74) is 4.76. The average Bonchev–Trinajstić information content (AvgIpc) is 3.00. The van der Waals surface area contributed by atoms with Crippen LogP contribution < -0.4 is 5.73 Å². The van der Waals surface area contributed by atoms with Crippen LogP contribution in [0.15, 0.2) is 0 Å². The van der Waals surface area contributed by atoms with Crippen LogP contribution in [0.5, 0.6) is 0 Å². The summed E-state index contributed by atoms with van der Waals surface area (Å²) in [6.45, 7) is 10.7. The molecule has 2 aliphatic rings. The Morgan fingerprint density at radius 3 is 2.43 bits per heavy atom. The minimum Gasteiger partial charge on any atom is -0.392 e. The lowest BCUT2D eigenvalue weighted by atomic mass is 10.0. The predicted octanol–water partition coefficient (Wildman–Crippen LogP) is 1.71. The van der Waals surface area contributed by atoms with Gasteiger partial charge in [-0.25, -0.2) is 4.57 Å². The molecule has 11 heteroatoms. The number of aliphatic hydroxyl groups excluding tert-OH is 1. The van der Waals surface area contributed by atoms with Crippen molar-refractivity contribution in [2.45, 2.75) is 96.7 Å². The van der Waals surface area contributed by atoms with E-state index in [0.717, 1.165) is 0 Å². The summed E-state index contributed by atoms with van der Waals surface area (Å²) in [5.74, 6) is -2.35. The summed E-state index contributed by atoms with van der Waals surface area (Å²) in [4.78, 5) is 22.9. The molecule has 10 nitrogen and oxygen atoms in total. The van der Waals surface area contributed by atoms with Crippen molar-refractivity contribution in [3.8, 4) is 0 Å². The number of hydrogen-bond donors (Lipinski definition) is 3. The minimum absolute atomic E-state index is 0.0588. The number of aliphatic hydroxyl groups is 1. The van der Waals surface area contributed by atoms with Crippen molar-refractivity contribution in [1.29, 1.82) is 0 Å². The van der Waals surface area contributed by atoms with Gasteiger partial charge in [-0.2, -0.15) is 0 Å². The quantitative estimate of drug-likeness (QED) is 0.441. The third kappa shape index (κ3) is 6.46. The zero-order valence-corrected chi connectivity index (χ0v) is 19.4.